The number of hydrogen-bond acceptors (Lipinski definition) is 4. The molecule has 7 heteroatoms. The van der Waals surface area contributed by atoms with E-state index in [0.717, 1.165) is 5.56 Å². The van der Waals surface area contributed by atoms with Gasteiger partial charge in [0.05, 0.1) is 6.20 Å². The molecule has 0 spiro atoms. The summed E-state index contributed by atoms with van der Waals surface area (Å²) < 4.78 is 28.0. The summed E-state index contributed by atoms with van der Waals surface area (Å²) in [4.78, 5) is 0.131. The number of rotatable bonds is 4. The molecule has 0 aliphatic heterocycles. The van der Waals surface area contributed by atoms with Crippen molar-refractivity contribution in [3.05, 3.63) is 42.2 Å². The van der Waals surface area contributed by atoms with Crippen LogP contribution in [0, 0.1) is 0 Å². The fourth-order valence-electron chi connectivity index (χ4n) is 1.61. The van der Waals surface area contributed by atoms with Crippen LogP contribution in [0.4, 0.5) is 5.69 Å². The molecule has 2 aromatic rings. The van der Waals surface area contributed by atoms with Gasteiger partial charge < -0.3 is 5.73 Å². The maximum Gasteiger partial charge on any atom is 0.265 e. The summed E-state index contributed by atoms with van der Waals surface area (Å²) in [6.45, 7) is 1.87. The molecule has 0 radical (unpaired) electrons. The number of benzene rings is 1. The lowest BCUT2D eigenvalue weighted by Gasteiger charge is -2.09. The Kier molecular flexibility index (Phi) is 3.59. The van der Waals surface area contributed by atoms with E-state index in [1.54, 1.807) is 31.3 Å². The fourth-order valence-corrected chi connectivity index (χ4v) is 2.65. The van der Waals surface area contributed by atoms with E-state index in [4.69, 9.17) is 5.73 Å². The minimum atomic E-state index is -3.59. The van der Waals surface area contributed by atoms with Crippen molar-refractivity contribution in [1.29, 1.82) is 0 Å². The Morgan fingerprint density at radius 3 is 2.42 bits per heavy atom. The molecule has 0 aliphatic carbocycles. The van der Waals surface area contributed by atoms with E-state index >= 15 is 0 Å². The van der Waals surface area contributed by atoms with E-state index in [-0.39, 0.29) is 10.9 Å². The first-order chi connectivity index (χ1) is 8.88. The second-order valence-electron chi connectivity index (χ2n) is 4.37. The van der Waals surface area contributed by atoms with Gasteiger partial charge in [0, 0.05) is 25.0 Å². The molecule has 0 saturated carbocycles. The van der Waals surface area contributed by atoms with Crippen LogP contribution in [0.15, 0.2) is 41.6 Å². The molecule has 0 amide bonds. The molecule has 0 bridgehead atoms. The van der Waals surface area contributed by atoms with E-state index in [2.05, 4.69) is 9.82 Å². The summed E-state index contributed by atoms with van der Waals surface area (Å²) in [6.07, 6.45) is 2.75. The van der Waals surface area contributed by atoms with Crippen molar-refractivity contribution in [3.8, 4) is 0 Å². The van der Waals surface area contributed by atoms with Gasteiger partial charge in [-0.2, -0.15) is 5.10 Å². The number of anilines is 1. The van der Waals surface area contributed by atoms with Crippen LogP contribution >= 0.6 is 0 Å². The first kappa shape index (κ1) is 13.6. The molecule has 0 saturated heterocycles. The third-order valence-corrected chi connectivity index (χ3v) is 4.02. The first-order valence-electron chi connectivity index (χ1n) is 5.75. The highest BCUT2D eigenvalue weighted by Gasteiger charge is 2.16. The lowest BCUT2D eigenvalue weighted by atomic mass is 10.1. The number of hydrogen-bond donors (Lipinski definition) is 2. The average molecular weight is 280 g/mol. The van der Waals surface area contributed by atoms with Gasteiger partial charge in [-0.05, 0) is 24.6 Å². The minimum Gasteiger partial charge on any atom is -0.324 e. The van der Waals surface area contributed by atoms with Gasteiger partial charge in [0.1, 0.15) is 4.90 Å². The smallest absolute Gasteiger partial charge is 0.265 e. The number of aromatic nitrogens is 2. The molecular formula is C12H16N4O2S. The van der Waals surface area contributed by atoms with E-state index < -0.39 is 10.0 Å². The number of nitrogens with one attached hydrogen (secondary N) is 1. The summed E-state index contributed by atoms with van der Waals surface area (Å²) >= 11 is 0. The number of sulfonamides is 1. The van der Waals surface area contributed by atoms with Crippen molar-refractivity contribution in [1.82, 2.24) is 9.78 Å². The second-order valence-corrected chi connectivity index (χ2v) is 6.05. The minimum absolute atomic E-state index is 0.0796. The molecule has 0 fully saturated rings. The second kappa shape index (κ2) is 5.02. The molecule has 6 nitrogen and oxygen atoms in total. The summed E-state index contributed by atoms with van der Waals surface area (Å²) in [5.74, 6) is 0. The summed E-state index contributed by atoms with van der Waals surface area (Å²) in [5.41, 5.74) is 7.18. The summed E-state index contributed by atoms with van der Waals surface area (Å²) in [6, 6.07) is 6.89. The average Bonchev–Trinajstić information content (AvgIpc) is 2.77. The van der Waals surface area contributed by atoms with Gasteiger partial charge in [-0.1, -0.05) is 12.1 Å². The predicted molar refractivity (Wildman–Crippen MR) is 73.1 cm³/mol. The molecular weight excluding hydrogens is 264 g/mol. The SMILES string of the molecule is CC(N)c1ccc(NS(=O)(=O)c2cnn(C)c2)cc1. The zero-order chi connectivity index (χ0) is 14.0. The van der Waals surface area contributed by atoms with Crippen molar-refractivity contribution in [2.75, 3.05) is 4.72 Å². The molecule has 1 unspecified atom stereocenters. The molecule has 0 aliphatic rings. The van der Waals surface area contributed by atoms with Crippen LogP contribution in [0.25, 0.3) is 0 Å². The van der Waals surface area contributed by atoms with Crippen LogP contribution in [-0.4, -0.2) is 18.2 Å². The maximum atomic E-state index is 12.0. The summed E-state index contributed by atoms with van der Waals surface area (Å²) in [7, 11) is -1.93. The topological polar surface area (TPSA) is 90.0 Å². The van der Waals surface area contributed by atoms with Crippen LogP contribution < -0.4 is 10.5 Å². The quantitative estimate of drug-likeness (QED) is 0.881. The zero-order valence-corrected chi connectivity index (χ0v) is 11.6. The van der Waals surface area contributed by atoms with E-state index in [1.165, 1.54) is 17.1 Å². The summed E-state index contributed by atoms with van der Waals surface area (Å²) in [5, 5.41) is 3.84. The highest BCUT2D eigenvalue weighted by atomic mass is 32.2. The van der Waals surface area contributed by atoms with E-state index in [1.807, 2.05) is 6.92 Å². The Bertz CT molecular complexity index is 659. The van der Waals surface area contributed by atoms with E-state index in [0.29, 0.717) is 5.69 Å². The number of aryl methyl sites for hydroxylation is 1. The Morgan fingerprint density at radius 2 is 1.95 bits per heavy atom. The Labute approximate surface area is 112 Å². The molecule has 1 heterocycles. The van der Waals surface area contributed by atoms with Gasteiger partial charge in [0.15, 0.2) is 0 Å². The van der Waals surface area contributed by atoms with Crippen molar-refractivity contribution in [2.24, 2.45) is 12.8 Å². The fraction of sp³-hybridized carbons (Fsp3) is 0.250. The highest BCUT2D eigenvalue weighted by Crippen LogP contribution is 2.18. The van der Waals surface area contributed by atoms with Crippen molar-refractivity contribution in [2.45, 2.75) is 17.9 Å². The third-order valence-electron chi connectivity index (χ3n) is 2.68. The van der Waals surface area contributed by atoms with Gasteiger partial charge in [0.25, 0.3) is 10.0 Å². The Hall–Kier alpha value is -1.86. The lowest BCUT2D eigenvalue weighted by Crippen LogP contribution is -2.12. The highest BCUT2D eigenvalue weighted by molar-refractivity contribution is 7.92. The van der Waals surface area contributed by atoms with Crippen molar-refractivity contribution in [3.63, 3.8) is 0 Å². The molecule has 102 valence electrons. The standard InChI is InChI=1S/C12H16N4O2S/c1-9(13)10-3-5-11(6-4-10)15-19(17,18)12-7-14-16(2)8-12/h3-9,15H,13H2,1-2H3. The van der Waals surface area contributed by atoms with Crippen molar-refractivity contribution < 1.29 is 8.42 Å². The molecule has 1 aromatic heterocycles. The monoisotopic (exact) mass is 280 g/mol. The Balaban J connectivity index is 2.21. The van der Waals surface area contributed by atoms with Crippen LogP contribution in [0.3, 0.4) is 0 Å². The van der Waals surface area contributed by atoms with Crippen LogP contribution in [-0.2, 0) is 17.1 Å². The van der Waals surface area contributed by atoms with Crippen LogP contribution in [0.5, 0.6) is 0 Å². The zero-order valence-electron chi connectivity index (χ0n) is 10.7. The maximum absolute atomic E-state index is 12.0. The number of nitrogens with two attached hydrogens (primary N) is 1. The predicted octanol–water partition coefficient (Wildman–Crippen LogP) is 1.24. The van der Waals surface area contributed by atoms with Gasteiger partial charge in [-0.25, -0.2) is 8.42 Å². The van der Waals surface area contributed by atoms with Gasteiger partial charge in [-0.3, -0.25) is 9.40 Å². The van der Waals surface area contributed by atoms with E-state index in [9.17, 15) is 8.42 Å². The first-order valence-corrected chi connectivity index (χ1v) is 7.24. The molecule has 1 aromatic carbocycles. The molecule has 1 atom stereocenters. The van der Waals surface area contributed by atoms with Gasteiger partial charge >= 0.3 is 0 Å². The van der Waals surface area contributed by atoms with Crippen molar-refractivity contribution >= 4 is 15.7 Å². The molecule has 2 rings (SSSR count). The largest absolute Gasteiger partial charge is 0.324 e. The molecule has 19 heavy (non-hydrogen) atoms. The van der Waals surface area contributed by atoms with Crippen LogP contribution in [0.1, 0.15) is 18.5 Å². The van der Waals surface area contributed by atoms with Gasteiger partial charge in [0.2, 0.25) is 0 Å². The normalized spacial score (nSPS) is 13.2. The van der Waals surface area contributed by atoms with Crippen LogP contribution in [0.2, 0.25) is 0 Å². The number of nitrogens with zero attached hydrogens (tertiary/aromatic N) is 2. The molecule has 3 N–H and O–H groups in total. The lowest BCUT2D eigenvalue weighted by molar-refractivity contribution is 0.601. The third kappa shape index (κ3) is 3.12. The van der Waals surface area contributed by atoms with Gasteiger partial charge in [-0.15, -0.1) is 0 Å². The Morgan fingerprint density at radius 1 is 1.32 bits per heavy atom.